The Bertz CT molecular complexity index is 1250. The fourth-order valence-electron chi connectivity index (χ4n) is 4.02. The maximum atomic E-state index is 13.0. The number of aromatic amines is 1. The molecule has 4 aromatic rings. The van der Waals surface area contributed by atoms with Gasteiger partial charge in [-0.2, -0.15) is 0 Å². The van der Waals surface area contributed by atoms with Gasteiger partial charge >= 0.3 is 0 Å². The third-order valence-electron chi connectivity index (χ3n) is 5.52. The lowest BCUT2D eigenvalue weighted by molar-refractivity contribution is 0.241. The summed E-state index contributed by atoms with van der Waals surface area (Å²) < 4.78 is 6.93. The van der Waals surface area contributed by atoms with Crippen LogP contribution in [0, 0.1) is 6.92 Å². The molecule has 0 aromatic carbocycles. The van der Waals surface area contributed by atoms with Crippen molar-refractivity contribution in [3.8, 4) is 11.3 Å². The van der Waals surface area contributed by atoms with Gasteiger partial charge in [0.2, 0.25) is 0 Å². The Morgan fingerprint density at radius 3 is 3.03 bits per heavy atom. The fourth-order valence-corrected chi connectivity index (χ4v) is 4.02. The number of hydrogen-bond donors (Lipinski definition) is 2. The van der Waals surface area contributed by atoms with Gasteiger partial charge in [-0.05, 0) is 25.5 Å². The second-order valence-corrected chi connectivity index (χ2v) is 7.32. The molecule has 0 bridgehead atoms. The number of rotatable bonds is 4. The molecule has 1 aliphatic rings. The maximum absolute atomic E-state index is 13.0. The zero-order chi connectivity index (χ0) is 20.0. The van der Waals surface area contributed by atoms with Crippen molar-refractivity contribution >= 4 is 11.5 Å². The van der Waals surface area contributed by atoms with Crippen molar-refractivity contribution < 1.29 is 4.42 Å². The van der Waals surface area contributed by atoms with Crippen LogP contribution in [0.4, 0.5) is 5.82 Å². The summed E-state index contributed by atoms with van der Waals surface area (Å²) in [6.45, 7) is 4.11. The number of hydrogen-bond acceptors (Lipinski definition) is 6. The molecule has 5 heterocycles. The number of aromatic nitrogens is 4. The Kier molecular flexibility index (Phi) is 4.21. The van der Waals surface area contributed by atoms with E-state index in [4.69, 9.17) is 9.40 Å². The molecule has 1 aliphatic heterocycles. The van der Waals surface area contributed by atoms with E-state index in [9.17, 15) is 4.79 Å². The van der Waals surface area contributed by atoms with Crippen LogP contribution in [0.25, 0.3) is 16.9 Å². The van der Waals surface area contributed by atoms with E-state index >= 15 is 0 Å². The Hall–Kier alpha value is -3.39. The third-order valence-corrected chi connectivity index (χ3v) is 5.52. The molecule has 8 heteroatoms. The molecule has 0 fully saturated rings. The number of fused-ring (bicyclic) bond motifs is 2. The van der Waals surface area contributed by atoms with Gasteiger partial charge in [0.1, 0.15) is 11.6 Å². The minimum absolute atomic E-state index is 0.0191. The Morgan fingerprint density at radius 2 is 2.24 bits per heavy atom. The highest BCUT2D eigenvalue weighted by atomic mass is 16.3. The molecular weight excluding hydrogens is 368 g/mol. The van der Waals surface area contributed by atoms with Crippen molar-refractivity contribution in [3.63, 3.8) is 0 Å². The topological polar surface area (TPSA) is 91.5 Å². The van der Waals surface area contributed by atoms with E-state index in [1.807, 2.05) is 32.2 Å². The van der Waals surface area contributed by atoms with Gasteiger partial charge in [0.15, 0.2) is 5.65 Å². The molecule has 5 rings (SSSR count). The Labute approximate surface area is 167 Å². The summed E-state index contributed by atoms with van der Waals surface area (Å²) >= 11 is 0. The van der Waals surface area contributed by atoms with E-state index in [1.165, 1.54) is 4.52 Å². The van der Waals surface area contributed by atoms with Gasteiger partial charge in [-0.25, -0.2) is 14.5 Å². The number of aryl methyl sites for hydroxylation is 1. The number of nitrogens with zero attached hydrogens (tertiary/aromatic N) is 4. The SMILES string of the molecule is CNc1ncccc1CN1CCc2c(nc3cc(-c4ccoc4C)[nH]n3c2=O)C1. The van der Waals surface area contributed by atoms with Crippen LogP contribution in [0.2, 0.25) is 0 Å². The highest BCUT2D eigenvalue weighted by Crippen LogP contribution is 2.25. The molecule has 0 amide bonds. The normalized spacial score (nSPS) is 14.3. The third kappa shape index (κ3) is 3.01. The van der Waals surface area contributed by atoms with Gasteiger partial charge < -0.3 is 9.73 Å². The van der Waals surface area contributed by atoms with Crippen molar-refractivity contribution in [2.75, 3.05) is 18.9 Å². The molecular formula is C21H22N6O2. The molecule has 0 atom stereocenters. The molecule has 8 nitrogen and oxygen atoms in total. The number of nitrogens with one attached hydrogen (secondary N) is 2. The highest BCUT2D eigenvalue weighted by molar-refractivity contribution is 5.65. The summed E-state index contributed by atoms with van der Waals surface area (Å²) in [6, 6.07) is 7.81. The lowest BCUT2D eigenvalue weighted by Crippen LogP contribution is -2.36. The van der Waals surface area contributed by atoms with E-state index in [0.29, 0.717) is 18.6 Å². The van der Waals surface area contributed by atoms with Gasteiger partial charge in [-0.1, -0.05) is 6.07 Å². The predicted molar refractivity (Wildman–Crippen MR) is 110 cm³/mol. The number of anilines is 1. The van der Waals surface area contributed by atoms with Crippen LogP contribution >= 0.6 is 0 Å². The Morgan fingerprint density at radius 1 is 1.34 bits per heavy atom. The van der Waals surface area contributed by atoms with Crippen molar-refractivity contribution in [3.05, 3.63) is 69.7 Å². The van der Waals surface area contributed by atoms with Crippen LogP contribution in [-0.2, 0) is 19.5 Å². The van der Waals surface area contributed by atoms with E-state index in [2.05, 4.69) is 26.4 Å². The highest BCUT2D eigenvalue weighted by Gasteiger charge is 2.23. The van der Waals surface area contributed by atoms with Crippen LogP contribution in [0.5, 0.6) is 0 Å². The zero-order valence-corrected chi connectivity index (χ0v) is 16.4. The van der Waals surface area contributed by atoms with Crippen LogP contribution in [0.1, 0.15) is 22.6 Å². The number of H-pyrrole nitrogens is 1. The van der Waals surface area contributed by atoms with Crippen molar-refractivity contribution in [1.82, 2.24) is 24.5 Å². The summed E-state index contributed by atoms with van der Waals surface area (Å²) in [5.41, 5.74) is 5.15. The van der Waals surface area contributed by atoms with Crippen molar-refractivity contribution in [1.29, 1.82) is 0 Å². The predicted octanol–water partition coefficient (Wildman–Crippen LogP) is 2.59. The van der Waals surface area contributed by atoms with Gasteiger partial charge in [-0.3, -0.25) is 14.8 Å². The number of pyridine rings is 1. The lowest BCUT2D eigenvalue weighted by atomic mass is 10.1. The van der Waals surface area contributed by atoms with Crippen molar-refractivity contribution in [2.24, 2.45) is 0 Å². The first-order valence-corrected chi connectivity index (χ1v) is 9.66. The van der Waals surface area contributed by atoms with E-state index < -0.39 is 0 Å². The van der Waals surface area contributed by atoms with E-state index in [0.717, 1.165) is 52.7 Å². The van der Waals surface area contributed by atoms with E-state index in [1.54, 1.807) is 12.5 Å². The second-order valence-electron chi connectivity index (χ2n) is 7.32. The minimum Gasteiger partial charge on any atom is -0.469 e. The summed E-state index contributed by atoms with van der Waals surface area (Å²) in [6.07, 6.45) is 4.11. The second kappa shape index (κ2) is 6.89. The Balaban J connectivity index is 1.48. The number of furan rings is 1. The lowest BCUT2D eigenvalue weighted by Gasteiger charge is -2.28. The fraction of sp³-hybridized carbons (Fsp3) is 0.286. The van der Waals surface area contributed by atoms with Crippen LogP contribution < -0.4 is 10.9 Å². The van der Waals surface area contributed by atoms with Gasteiger partial charge in [0.25, 0.3) is 5.56 Å². The summed E-state index contributed by atoms with van der Waals surface area (Å²) in [7, 11) is 1.88. The zero-order valence-electron chi connectivity index (χ0n) is 16.4. The average molecular weight is 390 g/mol. The quantitative estimate of drug-likeness (QED) is 0.557. The molecule has 0 saturated heterocycles. The summed E-state index contributed by atoms with van der Waals surface area (Å²) in [4.78, 5) is 24.5. The van der Waals surface area contributed by atoms with Crippen LogP contribution in [0.3, 0.4) is 0 Å². The minimum atomic E-state index is -0.0191. The van der Waals surface area contributed by atoms with Gasteiger partial charge in [0, 0.05) is 55.6 Å². The average Bonchev–Trinajstić information content (AvgIpc) is 3.34. The monoisotopic (exact) mass is 390 g/mol. The molecule has 4 aromatic heterocycles. The standard InChI is InChI=1S/C21H22N6O2/c1-13-15(6-9-29-13)17-10-19-24-18-12-26(8-5-16(18)21(28)27(19)25-17)11-14-4-3-7-23-20(14)22-2/h3-4,6-7,9-10,25H,5,8,11-12H2,1-2H3,(H,22,23). The maximum Gasteiger partial charge on any atom is 0.276 e. The largest absolute Gasteiger partial charge is 0.469 e. The van der Waals surface area contributed by atoms with Crippen molar-refractivity contribution in [2.45, 2.75) is 26.4 Å². The molecule has 2 N–H and O–H groups in total. The molecule has 0 saturated carbocycles. The molecule has 0 spiro atoms. The summed E-state index contributed by atoms with van der Waals surface area (Å²) in [5, 5.41) is 6.31. The molecule has 29 heavy (non-hydrogen) atoms. The van der Waals surface area contributed by atoms with Crippen LogP contribution in [-0.4, -0.2) is 38.1 Å². The van der Waals surface area contributed by atoms with Gasteiger partial charge in [-0.15, -0.1) is 0 Å². The molecule has 0 unspecified atom stereocenters. The first-order chi connectivity index (χ1) is 14.1. The summed E-state index contributed by atoms with van der Waals surface area (Å²) in [5.74, 6) is 1.69. The first-order valence-electron chi connectivity index (χ1n) is 9.66. The van der Waals surface area contributed by atoms with E-state index in [-0.39, 0.29) is 5.56 Å². The van der Waals surface area contributed by atoms with Crippen LogP contribution in [0.15, 0.2) is 45.9 Å². The van der Waals surface area contributed by atoms with Gasteiger partial charge in [0.05, 0.1) is 17.7 Å². The molecule has 0 radical (unpaired) electrons. The molecule has 0 aliphatic carbocycles. The smallest absolute Gasteiger partial charge is 0.276 e. The first kappa shape index (κ1) is 17.7. The molecule has 148 valence electrons.